The number of nitrogens with two attached hydrogens (primary N) is 1. The third-order valence-corrected chi connectivity index (χ3v) is 11.0. The van der Waals surface area contributed by atoms with E-state index >= 15 is 8.78 Å². The van der Waals surface area contributed by atoms with Crippen molar-refractivity contribution in [2.24, 2.45) is 5.73 Å². The maximum Gasteiger partial charge on any atom is 0.492 e. The van der Waals surface area contributed by atoms with Crippen molar-refractivity contribution in [3.8, 4) is 16.9 Å². The number of rotatable bonds is 10. The number of alkyl halides is 5. The Morgan fingerprint density at radius 2 is 1.44 bits per heavy atom. The fraction of sp³-hybridized carbons (Fsp3) is 0.333. The summed E-state index contributed by atoms with van der Waals surface area (Å²) in [7, 11) is -5.62. The summed E-state index contributed by atoms with van der Waals surface area (Å²) in [4.78, 5) is 30.5. The van der Waals surface area contributed by atoms with Gasteiger partial charge in [-0.15, -0.1) is 0 Å². The Morgan fingerprint density at radius 1 is 0.846 bits per heavy atom. The zero-order valence-corrected chi connectivity index (χ0v) is 28.9. The molecule has 2 aliphatic rings. The lowest BCUT2D eigenvalue weighted by Crippen LogP contribution is -2.58. The second-order valence-electron chi connectivity index (χ2n) is 12.8. The lowest BCUT2D eigenvalue weighted by molar-refractivity contribution is -0.239. The molecule has 2 fully saturated rings. The van der Waals surface area contributed by atoms with Gasteiger partial charge in [0.25, 0.3) is 15.9 Å². The molecule has 1 amide bonds. The molecule has 1 aliphatic carbocycles. The van der Waals surface area contributed by atoms with E-state index in [0.717, 1.165) is 54.8 Å². The number of carbonyl (C=O) groups is 2. The first-order chi connectivity index (χ1) is 24.5. The first-order valence-electron chi connectivity index (χ1n) is 16.4. The largest absolute Gasteiger partial charge is 0.492 e. The number of benzene rings is 4. The van der Waals surface area contributed by atoms with Crippen molar-refractivity contribution < 1.29 is 49.5 Å². The third kappa shape index (κ3) is 7.87. The predicted molar refractivity (Wildman–Crippen MR) is 182 cm³/mol. The van der Waals surface area contributed by atoms with Crippen molar-refractivity contribution in [3.63, 3.8) is 0 Å². The molecule has 2 N–H and O–H groups in total. The fourth-order valence-electron chi connectivity index (χ4n) is 6.34. The summed E-state index contributed by atoms with van der Waals surface area (Å²) in [6.45, 7) is -0.506. The average molecular weight is 766 g/mol. The Balaban J connectivity index is 1.43. The van der Waals surface area contributed by atoms with Gasteiger partial charge >= 0.3 is 18.1 Å². The highest BCUT2D eigenvalue weighted by atomic mass is 35.5. The van der Waals surface area contributed by atoms with E-state index in [2.05, 4.69) is 4.84 Å². The number of hydrogen-bond acceptors (Lipinski definition) is 7. The van der Waals surface area contributed by atoms with E-state index in [-0.39, 0.29) is 31.0 Å². The highest BCUT2D eigenvalue weighted by Gasteiger charge is 2.58. The van der Waals surface area contributed by atoms with Gasteiger partial charge in [-0.2, -0.15) is 22.0 Å². The Bertz CT molecular complexity index is 2060. The summed E-state index contributed by atoms with van der Waals surface area (Å²) in [5, 5.41) is 1.15. The maximum absolute atomic E-state index is 16.8. The molecule has 2 atom stereocenters. The first kappa shape index (κ1) is 37.4. The van der Waals surface area contributed by atoms with Crippen molar-refractivity contribution in [2.45, 2.75) is 67.3 Å². The smallest absolute Gasteiger partial charge is 0.490 e. The van der Waals surface area contributed by atoms with Crippen LogP contribution in [0.4, 0.5) is 22.0 Å². The number of hydrogen-bond donors (Lipinski definition) is 1. The minimum atomic E-state index is -5.83. The Kier molecular flexibility index (Phi) is 10.5. The molecule has 4 aromatic carbocycles. The van der Waals surface area contributed by atoms with E-state index in [1.54, 1.807) is 36.4 Å². The summed E-state index contributed by atoms with van der Waals surface area (Å²) >= 11 is 5.94. The Labute approximate surface area is 301 Å². The van der Waals surface area contributed by atoms with E-state index in [4.69, 9.17) is 22.1 Å². The monoisotopic (exact) mass is 765 g/mol. The maximum atomic E-state index is 16.8. The van der Waals surface area contributed by atoms with Crippen LogP contribution in [0.2, 0.25) is 5.02 Å². The minimum absolute atomic E-state index is 0.0175. The molecule has 0 bridgehead atoms. The van der Waals surface area contributed by atoms with Gasteiger partial charge in [0.15, 0.2) is 0 Å². The zero-order valence-electron chi connectivity index (χ0n) is 27.4. The van der Waals surface area contributed by atoms with Gasteiger partial charge in [0.2, 0.25) is 6.04 Å². The van der Waals surface area contributed by atoms with Gasteiger partial charge in [-0.05, 0) is 94.9 Å². The molecule has 1 aliphatic heterocycles. The topological polar surface area (TPSA) is 119 Å². The lowest BCUT2D eigenvalue weighted by Gasteiger charge is -2.35. The number of halogens is 6. The molecule has 1 heterocycles. The molecule has 4 aromatic rings. The second kappa shape index (κ2) is 14.6. The summed E-state index contributed by atoms with van der Waals surface area (Å²) in [5.74, 6) is -8.81. The number of nitrogens with zero attached hydrogens (tertiary/aromatic N) is 2. The summed E-state index contributed by atoms with van der Waals surface area (Å²) in [5.41, 5.74) is 5.97. The predicted octanol–water partition coefficient (Wildman–Crippen LogP) is 7.21. The zero-order chi connectivity index (χ0) is 37.4. The molecule has 0 spiro atoms. The Hall–Kier alpha value is -4.31. The van der Waals surface area contributed by atoms with Crippen LogP contribution < -0.4 is 10.5 Å². The molecule has 1 saturated heterocycles. The van der Waals surface area contributed by atoms with Crippen LogP contribution >= 0.6 is 11.6 Å². The summed E-state index contributed by atoms with van der Waals surface area (Å²) in [6.07, 6.45) is -1.86. The number of amides is 1. The number of fused-ring (bicyclic) bond motifs is 1. The molecule has 0 unspecified atom stereocenters. The minimum Gasteiger partial charge on any atom is -0.490 e. The molecular formula is C36H33ClF5N3O6S. The molecule has 1 saturated carbocycles. The molecule has 0 radical (unpaired) electrons. The molecule has 16 heteroatoms. The lowest BCUT2D eigenvalue weighted by atomic mass is 9.97. The van der Waals surface area contributed by atoms with Crippen molar-refractivity contribution >= 4 is 44.3 Å². The number of sulfonamides is 1. The van der Waals surface area contributed by atoms with Crippen LogP contribution in [0, 0.1) is 0 Å². The normalized spacial score (nSPS) is 17.8. The molecule has 9 nitrogen and oxygen atoms in total. The van der Waals surface area contributed by atoms with Crippen LogP contribution in [0.1, 0.15) is 37.7 Å². The van der Waals surface area contributed by atoms with E-state index in [0.29, 0.717) is 27.3 Å². The van der Waals surface area contributed by atoms with Gasteiger partial charge in [0.1, 0.15) is 5.75 Å². The Morgan fingerprint density at radius 3 is 2.04 bits per heavy atom. The van der Waals surface area contributed by atoms with E-state index in [1.807, 2.05) is 0 Å². The first-order valence-corrected chi connectivity index (χ1v) is 18.2. The van der Waals surface area contributed by atoms with Gasteiger partial charge in [-0.3, -0.25) is 4.79 Å². The van der Waals surface area contributed by atoms with Gasteiger partial charge < -0.3 is 20.2 Å². The van der Waals surface area contributed by atoms with E-state index < -0.39 is 61.0 Å². The van der Waals surface area contributed by atoms with Crippen LogP contribution in [0.3, 0.4) is 0 Å². The number of hydroxylamine groups is 1. The quantitative estimate of drug-likeness (QED) is 0.134. The van der Waals surface area contributed by atoms with Crippen LogP contribution in [0.25, 0.3) is 21.9 Å². The highest BCUT2D eigenvalue weighted by Crippen LogP contribution is 2.41. The van der Waals surface area contributed by atoms with Gasteiger partial charge in [0, 0.05) is 29.7 Å². The second-order valence-corrected chi connectivity index (χ2v) is 15.0. The number of carbonyl (C=O) groups excluding carboxylic acids is 2. The summed E-state index contributed by atoms with van der Waals surface area (Å²) < 4.78 is 108. The van der Waals surface area contributed by atoms with Crippen molar-refractivity contribution in [3.05, 3.63) is 95.5 Å². The van der Waals surface area contributed by atoms with Crippen molar-refractivity contribution in [1.82, 2.24) is 9.37 Å². The molecule has 52 heavy (non-hydrogen) atoms. The van der Waals surface area contributed by atoms with Gasteiger partial charge in [0.05, 0.1) is 11.0 Å². The average Bonchev–Trinajstić information content (AvgIpc) is 3.79. The van der Waals surface area contributed by atoms with Crippen LogP contribution in [0.15, 0.2) is 89.8 Å². The summed E-state index contributed by atoms with van der Waals surface area (Å²) in [6, 6.07) is 14.7. The molecular weight excluding hydrogens is 733 g/mol. The molecule has 6 rings (SSSR count). The van der Waals surface area contributed by atoms with E-state index in [9.17, 15) is 31.2 Å². The van der Waals surface area contributed by atoms with Crippen molar-refractivity contribution in [2.75, 3.05) is 13.1 Å². The molecule has 276 valence electrons. The van der Waals surface area contributed by atoms with Gasteiger partial charge in [-0.25, -0.2) is 13.2 Å². The third-order valence-electron chi connectivity index (χ3n) is 9.10. The number of ether oxygens (including phenoxy) is 1. The number of likely N-dealkylation sites (tertiary alicyclic amines) is 1. The van der Waals surface area contributed by atoms with Crippen LogP contribution in [0.5, 0.6) is 5.75 Å². The van der Waals surface area contributed by atoms with E-state index in [1.165, 1.54) is 24.3 Å². The van der Waals surface area contributed by atoms with Crippen LogP contribution in [-0.2, 0) is 30.4 Å². The van der Waals surface area contributed by atoms with Crippen molar-refractivity contribution in [1.29, 1.82) is 0 Å². The molecule has 0 aromatic heterocycles. The SMILES string of the molecule is N[C@@H]1CCN(C(=O)[C@@H](N(OC(=O)C(F)(F)F)S(=O)(=O)c2ccc3cc(OC4CCCC4)ccc3c2)C(F)(F)c2ccc(-c3ccc(Cl)cc3)cc2)C1. The fourth-order valence-corrected chi connectivity index (χ4v) is 7.85. The standard InChI is InChI=1S/C36H33ClF5N3O6S/c37-27-13-7-23(8-14-27)22-5-11-26(12-6-22)35(38,39)32(33(46)44-18-17-28(43)21-44)45(51-34(47)36(40,41)42)52(48,49)31-16-10-24-19-30(15-9-25(24)20-31)50-29-3-1-2-4-29/h5-16,19-20,28-29,32H,1-4,17-18,21,43H2/t28-,32-/m1/s1. The van der Waals surface area contributed by atoms with Crippen LogP contribution in [-0.4, -0.2) is 67.1 Å². The highest BCUT2D eigenvalue weighted by molar-refractivity contribution is 7.89. The van der Waals surface area contributed by atoms with Gasteiger partial charge in [-0.1, -0.05) is 60.1 Å².